The van der Waals surface area contributed by atoms with E-state index in [-0.39, 0.29) is 28.7 Å². The molecule has 0 spiro atoms. The molecule has 0 aromatic heterocycles. The van der Waals surface area contributed by atoms with Crippen LogP contribution >= 0.6 is 11.8 Å². The highest BCUT2D eigenvalue weighted by atomic mass is 32.2. The van der Waals surface area contributed by atoms with Gasteiger partial charge in [0.1, 0.15) is 6.04 Å². The molecule has 2 heterocycles. The number of likely N-dealkylation sites (tertiary alicyclic amines) is 1. The lowest BCUT2D eigenvalue weighted by Gasteiger charge is -2.39. The molecular weight excluding hydrogens is 344 g/mol. The lowest BCUT2D eigenvalue weighted by molar-refractivity contribution is -0.136. The van der Waals surface area contributed by atoms with Crippen LogP contribution in [0.4, 0.5) is 0 Å². The molecule has 3 fully saturated rings. The molecule has 4 rings (SSSR count). The smallest absolute Gasteiger partial charge is 0.255 e. The summed E-state index contributed by atoms with van der Waals surface area (Å²) in [7, 11) is 0. The molecular formula is C21H28N2O2S. The van der Waals surface area contributed by atoms with Gasteiger partial charge in [0.2, 0.25) is 5.91 Å². The van der Waals surface area contributed by atoms with Crippen LogP contribution in [0.3, 0.4) is 0 Å². The van der Waals surface area contributed by atoms with E-state index in [2.05, 4.69) is 25.7 Å². The van der Waals surface area contributed by atoms with Crippen molar-refractivity contribution in [1.29, 1.82) is 0 Å². The first kappa shape index (κ1) is 17.9. The molecule has 1 aromatic carbocycles. The third kappa shape index (κ3) is 3.15. The van der Waals surface area contributed by atoms with E-state index in [4.69, 9.17) is 0 Å². The molecule has 2 saturated heterocycles. The van der Waals surface area contributed by atoms with Crippen LogP contribution < -0.4 is 0 Å². The van der Waals surface area contributed by atoms with Crippen LogP contribution in [0.2, 0.25) is 0 Å². The Morgan fingerprint density at radius 3 is 2.54 bits per heavy atom. The normalized spacial score (nSPS) is 32.7. The van der Waals surface area contributed by atoms with Crippen molar-refractivity contribution in [1.82, 2.24) is 9.80 Å². The van der Waals surface area contributed by atoms with Crippen molar-refractivity contribution in [2.75, 3.05) is 18.2 Å². The minimum absolute atomic E-state index is 0.0253. The minimum Gasteiger partial charge on any atom is -0.337 e. The van der Waals surface area contributed by atoms with Crippen molar-refractivity contribution in [2.24, 2.45) is 10.8 Å². The van der Waals surface area contributed by atoms with Crippen LogP contribution in [0.15, 0.2) is 30.3 Å². The molecule has 3 atom stereocenters. The zero-order chi connectivity index (χ0) is 18.5. The largest absolute Gasteiger partial charge is 0.337 e. The van der Waals surface area contributed by atoms with E-state index in [1.165, 1.54) is 6.42 Å². The number of hydrogen-bond donors (Lipinski definition) is 0. The zero-order valence-electron chi connectivity index (χ0n) is 15.9. The second-order valence-electron chi connectivity index (χ2n) is 9.34. The second kappa shape index (κ2) is 6.29. The third-order valence-corrected chi connectivity index (χ3v) is 7.16. The molecule has 1 saturated carbocycles. The Balaban J connectivity index is 1.54. The Labute approximate surface area is 160 Å². The highest BCUT2D eigenvalue weighted by Crippen LogP contribution is 2.52. The molecule has 3 aliphatic rings. The van der Waals surface area contributed by atoms with Gasteiger partial charge >= 0.3 is 0 Å². The Morgan fingerprint density at radius 1 is 1.08 bits per heavy atom. The molecule has 5 heteroatoms. The summed E-state index contributed by atoms with van der Waals surface area (Å²) in [6.45, 7) is 7.81. The van der Waals surface area contributed by atoms with Crippen LogP contribution in [0.25, 0.3) is 0 Å². The monoisotopic (exact) mass is 372 g/mol. The minimum atomic E-state index is -0.321. The first-order chi connectivity index (χ1) is 12.3. The number of carbonyl (C=O) groups excluding carboxylic acids is 2. The van der Waals surface area contributed by atoms with E-state index in [0.29, 0.717) is 23.2 Å². The summed E-state index contributed by atoms with van der Waals surface area (Å²) < 4.78 is 0. The van der Waals surface area contributed by atoms with E-state index >= 15 is 0 Å². The van der Waals surface area contributed by atoms with Gasteiger partial charge in [0, 0.05) is 23.9 Å². The van der Waals surface area contributed by atoms with Gasteiger partial charge in [0.15, 0.2) is 0 Å². The average molecular weight is 373 g/mol. The fourth-order valence-corrected chi connectivity index (χ4v) is 6.65. The summed E-state index contributed by atoms with van der Waals surface area (Å²) >= 11 is 1.68. The summed E-state index contributed by atoms with van der Waals surface area (Å²) in [5.74, 6) is 1.44. The van der Waals surface area contributed by atoms with Crippen molar-refractivity contribution >= 4 is 23.6 Å². The summed E-state index contributed by atoms with van der Waals surface area (Å²) in [5, 5.41) is 0. The zero-order valence-corrected chi connectivity index (χ0v) is 16.7. The van der Waals surface area contributed by atoms with Gasteiger partial charge in [-0.05, 0) is 42.2 Å². The maximum atomic E-state index is 13.4. The quantitative estimate of drug-likeness (QED) is 0.796. The van der Waals surface area contributed by atoms with Crippen molar-refractivity contribution in [3.8, 4) is 0 Å². The average Bonchev–Trinajstić information content (AvgIpc) is 3.16. The number of carbonyl (C=O) groups is 2. The summed E-state index contributed by atoms with van der Waals surface area (Å²) in [5.41, 5.74) is 1.18. The van der Waals surface area contributed by atoms with Gasteiger partial charge in [-0.3, -0.25) is 9.59 Å². The molecule has 2 amide bonds. The Hall–Kier alpha value is -1.49. The molecule has 0 N–H and O–H groups in total. The number of hydrogen-bond acceptors (Lipinski definition) is 3. The topological polar surface area (TPSA) is 40.6 Å². The molecule has 2 aliphatic heterocycles. The number of rotatable bonds is 2. The highest BCUT2D eigenvalue weighted by Gasteiger charge is 2.52. The van der Waals surface area contributed by atoms with Crippen molar-refractivity contribution in [3.63, 3.8) is 0 Å². The van der Waals surface area contributed by atoms with Crippen LogP contribution in [0, 0.1) is 10.8 Å². The van der Waals surface area contributed by atoms with Crippen molar-refractivity contribution < 1.29 is 9.59 Å². The van der Waals surface area contributed by atoms with E-state index in [9.17, 15) is 9.59 Å². The lowest BCUT2D eigenvalue weighted by atomic mass is 9.65. The maximum absolute atomic E-state index is 13.4. The van der Waals surface area contributed by atoms with Gasteiger partial charge in [-0.2, -0.15) is 0 Å². The lowest BCUT2D eigenvalue weighted by Crippen LogP contribution is -2.50. The highest BCUT2D eigenvalue weighted by molar-refractivity contribution is 7.99. The van der Waals surface area contributed by atoms with E-state index < -0.39 is 0 Å². The Kier molecular flexibility index (Phi) is 4.33. The number of amides is 2. The Bertz CT molecular complexity index is 720. The number of thioether (sulfide) groups is 1. The van der Waals surface area contributed by atoms with Crippen LogP contribution in [0.5, 0.6) is 0 Å². The van der Waals surface area contributed by atoms with Gasteiger partial charge < -0.3 is 9.80 Å². The third-order valence-electron chi connectivity index (χ3n) is 6.15. The van der Waals surface area contributed by atoms with Crippen LogP contribution in [0.1, 0.15) is 50.4 Å². The van der Waals surface area contributed by atoms with Crippen LogP contribution in [-0.2, 0) is 4.79 Å². The second-order valence-corrected chi connectivity index (χ2v) is 10.3. The van der Waals surface area contributed by atoms with Gasteiger partial charge in [0.05, 0.1) is 5.88 Å². The number of nitrogens with zero attached hydrogens (tertiary/aromatic N) is 2. The predicted octanol–water partition coefficient (Wildman–Crippen LogP) is 3.63. The van der Waals surface area contributed by atoms with Gasteiger partial charge in [-0.1, -0.05) is 39.0 Å². The SMILES string of the molecule is CC1(C)CC2CC(C)(CN2C(=O)C2CSCN2C(=O)c2ccccc2)C1. The summed E-state index contributed by atoms with van der Waals surface area (Å²) in [6.07, 6.45) is 3.35. The summed E-state index contributed by atoms with van der Waals surface area (Å²) in [6, 6.07) is 9.33. The van der Waals surface area contributed by atoms with E-state index in [0.717, 1.165) is 19.4 Å². The van der Waals surface area contributed by atoms with Gasteiger partial charge in [0.25, 0.3) is 5.91 Å². The first-order valence-electron chi connectivity index (χ1n) is 9.52. The molecule has 4 nitrogen and oxygen atoms in total. The fourth-order valence-electron chi connectivity index (χ4n) is 5.50. The first-order valence-corrected chi connectivity index (χ1v) is 10.7. The molecule has 1 aliphatic carbocycles. The van der Waals surface area contributed by atoms with E-state index in [1.807, 2.05) is 30.3 Å². The van der Waals surface area contributed by atoms with Crippen molar-refractivity contribution in [2.45, 2.75) is 52.1 Å². The Morgan fingerprint density at radius 2 is 1.81 bits per heavy atom. The van der Waals surface area contributed by atoms with Crippen LogP contribution in [-0.4, -0.2) is 51.9 Å². The van der Waals surface area contributed by atoms with Gasteiger partial charge in [-0.25, -0.2) is 0 Å². The maximum Gasteiger partial charge on any atom is 0.255 e. The van der Waals surface area contributed by atoms with E-state index in [1.54, 1.807) is 16.7 Å². The standard InChI is InChI=1S/C21H28N2O2S/c1-20(2)9-16-10-21(3,12-20)13-22(16)19(25)17-11-26-14-23(17)18(24)15-7-5-4-6-8-15/h4-8,16-17H,9-14H2,1-3H3. The molecule has 1 aromatic rings. The molecule has 26 heavy (non-hydrogen) atoms. The predicted molar refractivity (Wildman–Crippen MR) is 105 cm³/mol. The molecule has 140 valence electrons. The summed E-state index contributed by atoms with van der Waals surface area (Å²) in [4.78, 5) is 30.2. The van der Waals surface area contributed by atoms with Crippen molar-refractivity contribution in [3.05, 3.63) is 35.9 Å². The fraction of sp³-hybridized carbons (Fsp3) is 0.619. The van der Waals surface area contributed by atoms with Gasteiger partial charge in [-0.15, -0.1) is 11.8 Å². The number of fused-ring (bicyclic) bond motifs is 2. The molecule has 3 unspecified atom stereocenters. The number of benzene rings is 1. The molecule has 0 radical (unpaired) electrons. The molecule has 2 bridgehead atoms.